The highest BCUT2D eigenvalue weighted by Gasteiger charge is 2.37. The molecule has 0 bridgehead atoms. The number of carbonyl (C=O) groups is 2. The van der Waals surface area contributed by atoms with Gasteiger partial charge in [-0.2, -0.15) is 0 Å². The largest absolute Gasteiger partial charge is 0.480 e. The molecule has 0 radical (unpaired) electrons. The van der Waals surface area contributed by atoms with Gasteiger partial charge in [-0.25, -0.2) is 0 Å². The minimum atomic E-state index is -0.761. The second kappa shape index (κ2) is 7.34. The van der Waals surface area contributed by atoms with E-state index in [1.807, 2.05) is 31.2 Å². The molecule has 2 N–H and O–H groups in total. The molecule has 2 aliphatic carbocycles. The van der Waals surface area contributed by atoms with E-state index in [1.165, 1.54) is 12.8 Å². The summed E-state index contributed by atoms with van der Waals surface area (Å²) in [5, 5.41) is 12.2. The van der Waals surface area contributed by atoms with Gasteiger partial charge in [0.2, 0.25) is 5.91 Å². The number of benzene rings is 1. The lowest BCUT2D eigenvalue weighted by Crippen LogP contribution is -2.55. The standard InChI is InChI=1S/C19H26N2O3/c1-13-4-2-3-5-15(13)8-18(22)20-16-9-17(10-16)21(12-19(23)24)11-14-6-7-14/h2-5,14,16-17H,6-12H2,1H3,(H,20,22)(H,23,24). The quantitative estimate of drug-likeness (QED) is 0.765. The third kappa shape index (κ3) is 4.57. The number of nitrogens with zero attached hydrogens (tertiary/aromatic N) is 1. The predicted octanol–water partition coefficient (Wildman–Crippen LogP) is 1.98. The van der Waals surface area contributed by atoms with Gasteiger partial charge in [0, 0.05) is 18.6 Å². The van der Waals surface area contributed by atoms with Crippen LogP contribution in [0.3, 0.4) is 0 Å². The number of aryl methyl sites for hydroxylation is 1. The summed E-state index contributed by atoms with van der Waals surface area (Å²) in [6.07, 6.45) is 4.58. The Bertz CT molecular complexity index is 606. The summed E-state index contributed by atoms with van der Waals surface area (Å²) < 4.78 is 0. The molecule has 0 saturated heterocycles. The predicted molar refractivity (Wildman–Crippen MR) is 91.8 cm³/mol. The first kappa shape index (κ1) is 17.0. The number of rotatable bonds is 8. The molecule has 0 unspecified atom stereocenters. The van der Waals surface area contributed by atoms with E-state index >= 15 is 0 Å². The molecule has 1 aromatic carbocycles. The summed E-state index contributed by atoms with van der Waals surface area (Å²) >= 11 is 0. The third-order valence-electron chi connectivity index (χ3n) is 5.13. The number of hydrogen-bond acceptors (Lipinski definition) is 3. The van der Waals surface area contributed by atoms with Crippen LogP contribution in [0, 0.1) is 12.8 Å². The van der Waals surface area contributed by atoms with Crippen molar-refractivity contribution in [2.75, 3.05) is 13.1 Å². The Balaban J connectivity index is 1.44. The molecule has 3 rings (SSSR count). The fourth-order valence-electron chi connectivity index (χ4n) is 3.41. The Morgan fingerprint density at radius 2 is 1.96 bits per heavy atom. The molecule has 2 fully saturated rings. The van der Waals surface area contributed by atoms with E-state index in [-0.39, 0.29) is 18.5 Å². The summed E-state index contributed by atoms with van der Waals surface area (Å²) in [6.45, 7) is 3.02. The molecule has 1 aromatic rings. The van der Waals surface area contributed by atoms with Crippen LogP contribution in [-0.2, 0) is 16.0 Å². The van der Waals surface area contributed by atoms with Gasteiger partial charge < -0.3 is 10.4 Å². The summed E-state index contributed by atoms with van der Waals surface area (Å²) in [5.74, 6) is -0.0264. The zero-order valence-electron chi connectivity index (χ0n) is 14.2. The molecule has 2 saturated carbocycles. The van der Waals surface area contributed by atoms with Crippen molar-refractivity contribution in [1.29, 1.82) is 0 Å². The zero-order valence-corrected chi connectivity index (χ0v) is 14.2. The normalized spacial score (nSPS) is 22.9. The van der Waals surface area contributed by atoms with Crippen molar-refractivity contribution in [3.05, 3.63) is 35.4 Å². The molecule has 24 heavy (non-hydrogen) atoms. The smallest absolute Gasteiger partial charge is 0.317 e. The van der Waals surface area contributed by atoms with E-state index in [2.05, 4.69) is 10.2 Å². The monoisotopic (exact) mass is 330 g/mol. The van der Waals surface area contributed by atoms with Crippen molar-refractivity contribution in [2.24, 2.45) is 5.92 Å². The molecule has 5 nitrogen and oxygen atoms in total. The highest BCUT2D eigenvalue weighted by Crippen LogP contribution is 2.33. The van der Waals surface area contributed by atoms with Gasteiger partial charge >= 0.3 is 5.97 Å². The lowest BCUT2D eigenvalue weighted by Gasteiger charge is -2.42. The number of nitrogens with one attached hydrogen (secondary N) is 1. The maximum Gasteiger partial charge on any atom is 0.317 e. The van der Waals surface area contributed by atoms with Crippen LogP contribution in [0.1, 0.15) is 36.8 Å². The van der Waals surface area contributed by atoms with Gasteiger partial charge in [-0.05, 0) is 49.7 Å². The molecular formula is C19H26N2O3. The van der Waals surface area contributed by atoms with Gasteiger partial charge in [0.05, 0.1) is 13.0 Å². The minimum absolute atomic E-state index is 0.0553. The van der Waals surface area contributed by atoms with Crippen LogP contribution in [0.4, 0.5) is 0 Å². The second-order valence-electron chi connectivity index (χ2n) is 7.26. The Morgan fingerprint density at radius 1 is 1.25 bits per heavy atom. The van der Waals surface area contributed by atoms with E-state index in [0.717, 1.165) is 30.5 Å². The molecule has 0 atom stereocenters. The number of carboxylic acids is 1. The maximum absolute atomic E-state index is 12.2. The van der Waals surface area contributed by atoms with Crippen LogP contribution in [0.15, 0.2) is 24.3 Å². The Kier molecular flexibility index (Phi) is 5.19. The molecule has 5 heteroatoms. The van der Waals surface area contributed by atoms with Crippen LogP contribution in [0.2, 0.25) is 0 Å². The molecule has 0 heterocycles. The average molecular weight is 330 g/mol. The van der Waals surface area contributed by atoms with Crippen LogP contribution < -0.4 is 5.32 Å². The van der Waals surface area contributed by atoms with Gasteiger partial charge in [-0.15, -0.1) is 0 Å². The van der Waals surface area contributed by atoms with Crippen LogP contribution >= 0.6 is 0 Å². The van der Waals surface area contributed by atoms with Crippen LogP contribution in [0.25, 0.3) is 0 Å². The molecule has 0 aliphatic heterocycles. The van der Waals surface area contributed by atoms with E-state index in [1.54, 1.807) is 0 Å². The van der Waals surface area contributed by atoms with Crippen LogP contribution in [0.5, 0.6) is 0 Å². The highest BCUT2D eigenvalue weighted by atomic mass is 16.4. The minimum Gasteiger partial charge on any atom is -0.480 e. The molecule has 2 aliphatic rings. The van der Waals surface area contributed by atoms with E-state index < -0.39 is 5.97 Å². The van der Waals surface area contributed by atoms with Gasteiger partial charge in [-0.1, -0.05) is 24.3 Å². The molecular weight excluding hydrogens is 304 g/mol. The lowest BCUT2D eigenvalue weighted by molar-refractivity contribution is -0.140. The highest BCUT2D eigenvalue weighted by molar-refractivity contribution is 5.79. The Hall–Kier alpha value is -1.88. The molecule has 1 amide bonds. The summed E-state index contributed by atoms with van der Waals surface area (Å²) in [7, 11) is 0. The fourth-order valence-corrected chi connectivity index (χ4v) is 3.41. The zero-order chi connectivity index (χ0) is 17.1. The summed E-state index contributed by atoms with van der Waals surface area (Å²) in [6, 6.07) is 8.42. The lowest BCUT2D eigenvalue weighted by atomic mass is 9.85. The fraction of sp³-hybridized carbons (Fsp3) is 0.579. The third-order valence-corrected chi connectivity index (χ3v) is 5.13. The van der Waals surface area contributed by atoms with Gasteiger partial charge in [0.1, 0.15) is 0 Å². The average Bonchev–Trinajstić information content (AvgIpc) is 3.28. The number of amides is 1. The molecule has 0 aromatic heterocycles. The number of aliphatic carboxylic acids is 1. The first-order chi connectivity index (χ1) is 11.5. The molecule has 130 valence electrons. The Labute approximate surface area is 143 Å². The number of hydrogen-bond donors (Lipinski definition) is 2. The van der Waals surface area contributed by atoms with Crippen molar-refractivity contribution in [3.8, 4) is 0 Å². The van der Waals surface area contributed by atoms with E-state index in [9.17, 15) is 9.59 Å². The van der Waals surface area contributed by atoms with Crippen molar-refractivity contribution in [3.63, 3.8) is 0 Å². The maximum atomic E-state index is 12.2. The summed E-state index contributed by atoms with van der Waals surface area (Å²) in [4.78, 5) is 25.3. The number of carboxylic acid groups (broad SMARTS) is 1. The summed E-state index contributed by atoms with van der Waals surface area (Å²) in [5.41, 5.74) is 2.20. The number of carbonyl (C=O) groups excluding carboxylic acids is 1. The van der Waals surface area contributed by atoms with E-state index in [4.69, 9.17) is 5.11 Å². The van der Waals surface area contributed by atoms with Crippen molar-refractivity contribution in [1.82, 2.24) is 10.2 Å². The first-order valence-corrected chi connectivity index (χ1v) is 8.81. The van der Waals surface area contributed by atoms with Gasteiger partial charge in [-0.3, -0.25) is 14.5 Å². The van der Waals surface area contributed by atoms with Crippen molar-refractivity contribution in [2.45, 2.75) is 51.1 Å². The van der Waals surface area contributed by atoms with Gasteiger partial charge in [0.25, 0.3) is 0 Å². The topological polar surface area (TPSA) is 69.6 Å². The second-order valence-corrected chi connectivity index (χ2v) is 7.26. The first-order valence-electron chi connectivity index (χ1n) is 8.81. The Morgan fingerprint density at radius 3 is 2.58 bits per heavy atom. The SMILES string of the molecule is Cc1ccccc1CC(=O)NC1CC(N(CC(=O)O)CC2CC2)C1. The van der Waals surface area contributed by atoms with Crippen molar-refractivity contribution >= 4 is 11.9 Å². The van der Waals surface area contributed by atoms with Gasteiger partial charge in [0.15, 0.2) is 0 Å². The van der Waals surface area contributed by atoms with Crippen LogP contribution in [-0.4, -0.2) is 47.1 Å². The van der Waals surface area contributed by atoms with Crippen molar-refractivity contribution < 1.29 is 14.7 Å². The van der Waals surface area contributed by atoms with E-state index in [0.29, 0.717) is 18.4 Å². The molecule has 0 spiro atoms.